The van der Waals surface area contributed by atoms with Crippen LogP contribution in [0.4, 0.5) is 8.78 Å². The van der Waals surface area contributed by atoms with Gasteiger partial charge in [0, 0.05) is 12.4 Å². The van der Waals surface area contributed by atoms with Crippen LogP contribution < -0.4 is 0 Å². The molecule has 0 saturated heterocycles. The summed E-state index contributed by atoms with van der Waals surface area (Å²) < 4.78 is 24.6. The molecule has 0 aromatic carbocycles. The van der Waals surface area contributed by atoms with Crippen molar-refractivity contribution in [3.63, 3.8) is 0 Å². The third kappa shape index (κ3) is 1.83. The summed E-state index contributed by atoms with van der Waals surface area (Å²) in [5, 5.41) is 0. The molecule has 1 rings (SSSR count). The summed E-state index contributed by atoms with van der Waals surface area (Å²) in [6.45, 7) is -0.201. The van der Waals surface area contributed by atoms with Gasteiger partial charge in [-0.1, -0.05) is 0 Å². The van der Waals surface area contributed by atoms with Gasteiger partial charge in [-0.05, 0) is 12.1 Å². The molecule has 0 unspecified atom stereocenters. The molecule has 50 valence electrons. The molecule has 3 heteroatoms. The molecule has 0 spiro atoms. The van der Waals surface area contributed by atoms with Gasteiger partial charge in [0.25, 0.3) is 6.43 Å². The molecule has 0 aliphatic rings. The summed E-state index contributed by atoms with van der Waals surface area (Å²) in [5.41, 5.74) is 0. The van der Waals surface area contributed by atoms with Crippen LogP contribution in [0.3, 0.4) is 0 Å². The number of rotatable bonds is 2. The van der Waals surface area contributed by atoms with Gasteiger partial charge < -0.3 is 4.57 Å². The normalized spacial score (nSPS) is 10.6. The van der Waals surface area contributed by atoms with Gasteiger partial charge in [-0.2, -0.15) is 0 Å². The van der Waals surface area contributed by atoms with Crippen molar-refractivity contribution in [3.05, 3.63) is 24.5 Å². The van der Waals surface area contributed by atoms with E-state index in [2.05, 4.69) is 0 Å². The number of hydrogen-bond donors (Lipinski definition) is 0. The van der Waals surface area contributed by atoms with Crippen LogP contribution in [0.2, 0.25) is 0 Å². The molecular weight excluding hydrogens is 124 g/mol. The lowest BCUT2D eigenvalue weighted by atomic mass is 10.6. The van der Waals surface area contributed by atoms with Crippen LogP contribution >= 0.6 is 0 Å². The van der Waals surface area contributed by atoms with Gasteiger partial charge >= 0.3 is 0 Å². The van der Waals surface area contributed by atoms with Crippen molar-refractivity contribution in [1.82, 2.24) is 4.57 Å². The summed E-state index contributed by atoms with van der Waals surface area (Å²) >= 11 is 0. The second-order valence-electron chi connectivity index (χ2n) is 1.77. The van der Waals surface area contributed by atoms with Crippen LogP contribution in [0.1, 0.15) is 0 Å². The minimum Gasteiger partial charge on any atom is -0.349 e. The molecule has 0 fully saturated rings. The van der Waals surface area contributed by atoms with E-state index in [0.717, 1.165) is 0 Å². The van der Waals surface area contributed by atoms with Crippen molar-refractivity contribution in [1.29, 1.82) is 0 Å². The Morgan fingerprint density at radius 1 is 1.22 bits per heavy atom. The van der Waals surface area contributed by atoms with E-state index in [1.54, 1.807) is 24.5 Å². The van der Waals surface area contributed by atoms with Crippen molar-refractivity contribution in [2.45, 2.75) is 13.0 Å². The molecule has 1 heterocycles. The van der Waals surface area contributed by atoms with E-state index in [4.69, 9.17) is 0 Å². The Bertz CT molecular complexity index is 158. The monoisotopic (exact) mass is 131 g/mol. The van der Waals surface area contributed by atoms with Gasteiger partial charge in [0.05, 0.1) is 6.54 Å². The summed E-state index contributed by atoms with van der Waals surface area (Å²) in [6.07, 6.45) is 0.982. The average molecular weight is 131 g/mol. The van der Waals surface area contributed by atoms with Crippen LogP contribution in [-0.2, 0) is 6.54 Å². The zero-order valence-corrected chi connectivity index (χ0v) is 4.80. The first kappa shape index (κ1) is 6.26. The van der Waals surface area contributed by atoms with E-state index in [1.165, 1.54) is 4.57 Å². The van der Waals surface area contributed by atoms with Crippen LogP contribution in [-0.4, -0.2) is 11.0 Å². The Labute approximate surface area is 51.9 Å². The molecule has 0 amide bonds. The predicted octanol–water partition coefficient (Wildman–Crippen LogP) is 1.75. The van der Waals surface area contributed by atoms with Gasteiger partial charge in [0.15, 0.2) is 0 Å². The second kappa shape index (κ2) is 2.62. The van der Waals surface area contributed by atoms with Crippen molar-refractivity contribution in [3.8, 4) is 0 Å². The minimum absolute atomic E-state index is 0.201. The van der Waals surface area contributed by atoms with Crippen molar-refractivity contribution in [2.24, 2.45) is 0 Å². The highest BCUT2D eigenvalue weighted by Gasteiger charge is 2.00. The minimum atomic E-state index is -2.25. The maximum absolute atomic E-state index is 11.6. The fourth-order valence-corrected chi connectivity index (χ4v) is 0.651. The number of nitrogens with zero attached hydrogens (tertiary/aromatic N) is 1. The molecule has 9 heavy (non-hydrogen) atoms. The van der Waals surface area contributed by atoms with Crippen LogP contribution in [0.5, 0.6) is 0 Å². The number of halogens is 2. The van der Waals surface area contributed by atoms with Gasteiger partial charge in [0.1, 0.15) is 0 Å². The fourth-order valence-electron chi connectivity index (χ4n) is 0.651. The van der Waals surface area contributed by atoms with Crippen LogP contribution in [0.15, 0.2) is 24.5 Å². The standard InChI is InChI=1S/C6H7F2N/c7-6(8)5-9-3-1-2-4-9/h1-4,6H,5H2. The Morgan fingerprint density at radius 2 is 1.78 bits per heavy atom. The van der Waals surface area contributed by atoms with Gasteiger partial charge in [-0.3, -0.25) is 0 Å². The third-order valence-electron chi connectivity index (χ3n) is 1.02. The van der Waals surface area contributed by atoms with Crippen molar-refractivity contribution in [2.75, 3.05) is 0 Å². The number of aromatic nitrogens is 1. The highest BCUT2D eigenvalue weighted by molar-refractivity contribution is 4.90. The fraction of sp³-hybridized carbons (Fsp3) is 0.333. The quantitative estimate of drug-likeness (QED) is 0.576. The van der Waals surface area contributed by atoms with E-state index in [-0.39, 0.29) is 6.54 Å². The maximum atomic E-state index is 11.6. The van der Waals surface area contributed by atoms with Gasteiger partial charge in [-0.25, -0.2) is 8.78 Å². The molecule has 0 radical (unpaired) electrons. The molecule has 1 aromatic heterocycles. The summed E-state index contributed by atoms with van der Waals surface area (Å²) in [5.74, 6) is 0. The lowest BCUT2D eigenvalue weighted by Crippen LogP contribution is -2.03. The average Bonchev–Trinajstić information content (AvgIpc) is 2.15. The lowest BCUT2D eigenvalue weighted by molar-refractivity contribution is 0.127. The SMILES string of the molecule is FC(F)Cn1cccc1. The number of alkyl halides is 2. The van der Waals surface area contributed by atoms with Gasteiger partial charge in [-0.15, -0.1) is 0 Å². The molecule has 0 aliphatic carbocycles. The molecular formula is C6H7F2N. The lowest BCUT2D eigenvalue weighted by Gasteiger charge is -1.98. The first-order valence-electron chi connectivity index (χ1n) is 2.68. The summed E-state index contributed by atoms with van der Waals surface area (Å²) in [4.78, 5) is 0. The van der Waals surface area contributed by atoms with Crippen LogP contribution in [0, 0.1) is 0 Å². The Morgan fingerprint density at radius 3 is 2.22 bits per heavy atom. The topological polar surface area (TPSA) is 4.93 Å². The highest BCUT2D eigenvalue weighted by Crippen LogP contribution is 1.97. The number of hydrogen-bond acceptors (Lipinski definition) is 0. The van der Waals surface area contributed by atoms with Gasteiger partial charge in [0.2, 0.25) is 0 Å². The zero-order chi connectivity index (χ0) is 6.69. The molecule has 0 aliphatic heterocycles. The highest BCUT2D eigenvalue weighted by atomic mass is 19.3. The molecule has 0 N–H and O–H groups in total. The van der Waals surface area contributed by atoms with E-state index in [9.17, 15) is 8.78 Å². The molecule has 0 bridgehead atoms. The molecule has 1 nitrogen and oxygen atoms in total. The molecule has 1 aromatic rings. The van der Waals surface area contributed by atoms with E-state index >= 15 is 0 Å². The van der Waals surface area contributed by atoms with Crippen molar-refractivity contribution < 1.29 is 8.78 Å². The largest absolute Gasteiger partial charge is 0.349 e. The maximum Gasteiger partial charge on any atom is 0.256 e. The molecule has 0 saturated carbocycles. The summed E-state index contributed by atoms with van der Waals surface area (Å²) in [6, 6.07) is 3.45. The van der Waals surface area contributed by atoms with E-state index in [1.807, 2.05) is 0 Å². The van der Waals surface area contributed by atoms with Crippen molar-refractivity contribution >= 4 is 0 Å². The van der Waals surface area contributed by atoms with E-state index < -0.39 is 6.43 Å². The van der Waals surface area contributed by atoms with E-state index in [0.29, 0.717) is 0 Å². The Kier molecular flexibility index (Phi) is 1.82. The third-order valence-corrected chi connectivity index (χ3v) is 1.02. The molecule has 0 atom stereocenters. The first-order chi connectivity index (χ1) is 4.29. The smallest absolute Gasteiger partial charge is 0.256 e. The summed E-state index contributed by atoms with van der Waals surface area (Å²) in [7, 11) is 0. The predicted molar refractivity (Wildman–Crippen MR) is 30.4 cm³/mol. The first-order valence-corrected chi connectivity index (χ1v) is 2.68. The zero-order valence-electron chi connectivity index (χ0n) is 4.80. The van der Waals surface area contributed by atoms with Crippen LogP contribution in [0.25, 0.3) is 0 Å². The Balaban J connectivity index is 2.48. The second-order valence-corrected chi connectivity index (χ2v) is 1.77. The Hall–Kier alpha value is -0.860.